The molecule has 1 N–H and O–H groups in total. The number of likely N-dealkylation sites (tertiary alicyclic amines) is 1. The van der Waals surface area contributed by atoms with E-state index in [0.29, 0.717) is 42.2 Å². The fourth-order valence-corrected chi connectivity index (χ4v) is 5.87. The maximum absolute atomic E-state index is 13.5. The first-order valence-corrected chi connectivity index (χ1v) is 10.9. The number of pyridine rings is 1. The summed E-state index contributed by atoms with van der Waals surface area (Å²) in [5.74, 6) is 2.70. The summed E-state index contributed by atoms with van der Waals surface area (Å²) in [5, 5.41) is 3.20. The van der Waals surface area contributed by atoms with Crippen molar-refractivity contribution in [2.75, 3.05) is 13.1 Å². The zero-order valence-corrected chi connectivity index (χ0v) is 17.6. The molecule has 28 heavy (non-hydrogen) atoms. The van der Waals surface area contributed by atoms with Gasteiger partial charge in [-0.3, -0.25) is 19.7 Å². The molecule has 1 aliphatic carbocycles. The molecule has 1 amide bonds. The summed E-state index contributed by atoms with van der Waals surface area (Å²) in [7, 11) is 0. The lowest BCUT2D eigenvalue weighted by Gasteiger charge is -2.51. The molecule has 1 saturated carbocycles. The highest BCUT2D eigenvalue weighted by atomic mass is 16.2. The number of amides is 1. The van der Waals surface area contributed by atoms with Crippen LogP contribution in [0.2, 0.25) is 0 Å². The fraction of sp³-hybridized carbons (Fsp3) is 0.696. The van der Waals surface area contributed by atoms with Gasteiger partial charge in [0.2, 0.25) is 5.91 Å². The molecule has 1 saturated heterocycles. The first-order chi connectivity index (χ1) is 13.4. The Hall–Kier alpha value is -1.75. The molecule has 0 spiro atoms. The lowest BCUT2D eigenvalue weighted by molar-refractivity contribution is -0.132. The Bertz CT molecular complexity index is 731. The van der Waals surface area contributed by atoms with E-state index in [1.807, 2.05) is 18.3 Å². The molecule has 5 nitrogen and oxygen atoms in total. The first kappa shape index (κ1) is 19.6. The van der Waals surface area contributed by atoms with Gasteiger partial charge in [-0.05, 0) is 42.2 Å². The van der Waals surface area contributed by atoms with Gasteiger partial charge in [-0.2, -0.15) is 0 Å². The Morgan fingerprint density at radius 1 is 1.32 bits per heavy atom. The molecule has 3 aliphatic heterocycles. The van der Waals surface area contributed by atoms with Crippen LogP contribution < -0.4 is 5.32 Å². The number of carbonyl (C=O) groups is 1. The molecule has 0 radical (unpaired) electrons. The van der Waals surface area contributed by atoms with E-state index in [1.54, 1.807) is 6.20 Å². The smallest absolute Gasteiger partial charge is 0.248 e. The second kappa shape index (κ2) is 7.58. The standard InChI is InChI=1S/C23H34N4O/c1-15(2)8-20-21-19-12-26-23(20,9-18(19)14-27(21)13-16(3)4)22(28)25-11-17-6-5-7-24-10-17/h5-7,10,12,15-16,18-21H,8-9,11,13-14H2,1-4H3,(H,25,28)/t18-,19-,20-,21+,23+/m1/s1. The number of rotatable bonds is 7. The van der Waals surface area contributed by atoms with Crippen molar-refractivity contribution in [3.05, 3.63) is 30.1 Å². The molecule has 2 fully saturated rings. The molecule has 1 aromatic heterocycles. The van der Waals surface area contributed by atoms with Crippen molar-refractivity contribution in [2.45, 2.75) is 58.7 Å². The van der Waals surface area contributed by atoms with E-state index in [4.69, 9.17) is 4.99 Å². The maximum atomic E-state index is 13.5. The number of hydrogen-bond acceptors (Lipinski definition) is 4. The van der Waals surface area contributed by atoms with E-state index in [0.717, 1.165) is 31.5 Å². The van der Waals surface area contributed by atoms with Crippen LogP contribution in [0, 0.1) is 29.6 Å². The molecule has 0 unspecified atom stereocenters. The first-order valence-electron chi connectivity index (χ1n) is 10.9. The highest BCUT2D eigenvalue weighted by Gasteiger charge is 2.63. The molecule has 4 bridgehead atoms. The fourth-order valence-electron chi connectivity index (χ4n) is 5.87. The third-order valence-corrected chi connectivity index (χ3v) is 6.80. The molecule has 4 heterocycles. The lowest BCUT2D eigenvalue weighted by atomic mass is 9.59. The molecule has 152 valence electrons. The van der Waals surface area contributed by atoms with Gasteiger partial charge >= 0.3 is 0 Å². The Morgan fingerprint density at radius 3 is 2.82 bits per heavy atom. The predicted octanol–water partition coefficient (Wildman–Crippen LogP) is 3.16. The number of hydrogen-bond donors (Lipinski definition) is 1. The van der Waals surface area contributed by atoms with Gasteiger partial charge in [0.1, 0.15) is 5.54 Å². The Morgan fingerprint density at radius 2 is 2.14 bits per heavy atom. The Labute approximate surface area is 169 Å². The average molecular weight is 383 g/mol. The second-order valence-electron chi connectivity index (χ2n) is 9.86. The van der Waals surface area contributed by atoms with Crippen molar-refractivity contribution in [2.24, 2.45) is 34.6 Å². The highest BCUT2D eigenvalue weighted by Crippen LogP contribution is 2.54. The second-order valence-corrected chi connectivity index (χ2v) is 9.86. The minimum absolute atomic E-state index is 0.109. The maximum Gasteiger partial charge on any atom is 0.248 e. The number of carbonyl (C=O) groups excluding carboxylic acids is 1. The number of aliphatic imine (C=N–C) groups is 1. The van der Waals surface area contributed by atoms with Gasteiger partial charge < -0.3 is 5.32 Å². The van der Waals surface area contributed by atoms with Crippen molar-refractivity contribution < 1.29 is 4.79 Å². The van der Waals surface area contributed by atoms with Crippen LogP contribution in [0.4, 0.5) is 0 Å². The van der Waals surface area contributed by atoms with Gasteiger partial charge in [0.15, 0.2) is 0 Å². The van der Waals surface area contributed by atoms with Crippen molar-refractivity contribution in [1.82, 2.24) is 15.2 Å². The van der Waals surface area contributed by atoms with Crippen LogP contribution in [0.1, 0.15) is 46.1 Å². The molecule has 4 aliphatic rings. The summed E-state index contributed by atoms with van der Waals surface area (Å²) in [6.07, 6.45) is 7.67. The number of nitrogens with zero attached hydrogens (tertiary/aromatic N) is 3. The highest BCUT2D eigenvalue weighted by molar-refractivity contribution is 5.91. The summed E-state index contributed by atoms with van der Waals surface area (Å²) in [4.78, 5) is 25.3. The zero-order valence-electron chi connectivity index (χ0n) is 17.6. The van der Waals surface area contributed by atoms with Gasteiger partial charge in [-0.1, -0.05) is 33.8 Å². The molecule has 1 aromatic rings. The summed E-state index contributed by atoms with van der Waals surface area (Å²) in [6, 6.07) is 4.38. The third-order valence-electron chi connectivity index (χ3n) is 6.80. The van der Waals surface area contributed by atoms with E-state index < -0.39 is 5.54 Å². The summed E-state index contributed by atoms with van der Waals surface area (Å²) >= 11 is 0. The SMILES string of the molecule is CC(C)C[C@@H]1[C@@H]2[C@@H]3C=N[C@@]1(C(=O)NCc1cccnc1)C[C@@H]3CN2CC(C)C. The molecular formula is C23H34N4O. The van der Waals surface area contributed by atoms with Gasteiger partial charge in [0.25, 0.3) is 0 Å². The summed E-state index contributed by atoms with van der Waals surface area (Å²) in [6.45, 7) is 11.9. The van der Waals surface area contributed by atoms with Crippen molar-refractivity contribution >= 4 is 12.1 Å². The van der Waals surface area contributed by atoms with Gasteiger partial charge in [0, 0.05) is 56.1 Å². The van der Waals surface area contributed by atoms with E-state index in [9.17, 15) is 4.79 Å². The summed E-state index contributed by atoms with van der Waals surface area (Å²) < 4.78 is 0. The zero-order chi connectivity index (χ0) is 19.9. The number of aromatic nitrogens is 1. The monoisotopic (exact) mass is 382 g/mol. The molecule has 5 rings (SSSR count). The van der Waals surface area contributed by atoms with Crippen LogP contribution >= 0.6 is 0 Å². The molecular weight excluding hydrogens is 348 g/mol. The van der Waals surface area contributed by atoms with Gasteiger partial charge in [-0.15, -0.1) is 0 Å². The Balaban J connectivity index is 1.60. The van der Waals surface area contributed by atoms with E-state index in [-0.39, 0.29) is 5.91 Å². The van der Waals surface area contributed by atoms with E-state index in [1.165, 1.54) is 0 Å². The third kappa shape index (κ3) is 3.38. The molecule has 0 aromatic carbocycles. The quantitative estimate of drug-likeness (QED) is 0.788. The van der Waals surface area contributed by atoms with Crippen LogP contribution in [0.5, 0.6) is 0 Å². The van der Waals surface area contributed by atoms with Crippen LogP contribution in [0.15, 0.2) is 29.5 Å². The topological polar surface area (TPSA) is 57.6 Å². The summed E-state index contributed by atoms with van der Waals surface area (Å²) in [5.41, 5.74) is 0.438. The number of nitrogens with one attached hydrogen (secondary N) is 1. The Kier molecular flexibility index (Phi) is 5.30. The molecule has 5 atom stereocenters. The minimum atomic E-state index is -0.595. The van der Waals surface area contributed by atoms with Crippen LogP contribution in [-0.2, 0) is 11.3 Å². The van der Waals surface area contributed by atoms with Crippen molar-refractivity contribution in [3.8, 4) is 0 Å². The van der Waals surface area contributed by atoms with Crippen LogP contribution in [0.3, 0.4) is 0 Å². The van der Waals surface area contributed by atoms with Crippen molar-refractivity contribution in [3.63, 3.8) is 0 Å². The van der Waals surface area contributed by atoms with Gasteiger partial charge in [-0.25, -0.2) is 0 Å². The van der Waals surface area contributed by atoms with E-state index in [2.05, 4.69) is 49.1 Å². The molecule has 5 heteroatoms. The predicted molar refractivity (Wildman–Crippen MR) is 112 cm³/mol. The normalized spacial score (nSPS) is 33.8. The largest absolute Gasteiger partial charge is 0.350 e. The van der Waals surface area contributed by atoms with Crippen LogP contribution in [0.25, 0.3) is 0 Å². The van der Waals surface area contributed by atoms with Gasteiger partial charge in [0.05, 0.1) is 0 Å². The lowest BCUT2D eigenvalue weighted by Crippen LogP contribution is -2.63. The minimum Gasteiger partial charge on any atom is -0.350 e. The van der Waals surface area contributed by atoms with E-state index >= 15 is 0 Å². The average Bonchev–Trinajstić information content (AvgIpc) is 2.95. The van der Waals surface area contributed by atoms with Crippen molar-refractivity contribution in [1.29, 1.82) is 0 Å². The van der Waals surface area contributed by atoms with Crippen LogP contribution in [-0.4, -0.2) is 46.7 Å².